The molecule has 0 aliphatic heterocycles. The van der Waals surface area contributed by atoms with Crippen molar-refractivity contribution in [3.63, 3.8) is 0 Å². The van der Waals surface area contributed by atoms with Crippen molar-refractivity contribution in [2.75, 3.05) is 13.2 Å². The molecule has 0 aromatic heterocycles. The van der Waals surface area contributed by atoms with E-state index in [0.29, 0.717) is 0 Å². The summed E-state index contributed by atoms with van der Waals surface area (Å²) in [4.78, 5) is 47.2. The molecule has 12 N–H and O–H groups in total. The van der Waals surface area contributed by atoms with Gasteiger partial charge in [0.1, 0.15) is 24.7 Å². The zero-order chi connectivity index (χ0) is 23.7. The average Bonchev–Trinajstić information content (AvgIpc) is 2.83. The van der Waals surface area contributed by atoms with Gasteiger partial charge >= 0.3 is 0 Å². The summed E-state index contributed by atoms with van der Waals surface area (Å²) in [6.07, 6.45) is 0. The van der Waals surface area contributed by atoms with Gasteiger partial charge in [-0.15, -0.1) is 0 Å². The Morgan fingerprint density at radius 2 is 0.781 bits per heavy atom. The van der Waals surface area contributed by atoms with Gasteiger partial charge in [-0.05, 0) is 36.4 Å². The lowest BCUT2D eigenvalue weighted by Gasteiger charge is -2.12. The molecule has 2 aromatic rings. The summed E-state index contributed by atoms with van der Waals surface area (Å²) in [5.41, 5.74) is 8.10. The van der Waals surface area contributed by atoms with Crippen molar-refractivity contribution >= 4 is 23.6 Å². The molecule has 0 aliphatic rings. The van der Waals surface area contributed by atoms with E-state index < -0.39 is 23.6 Å². The summed E-state index contributed by atoms with van der Waals surface area (Å²) in [5, 5.41) is 0. The van der Waals surface area contributed by atoms with E-state index in [1.54, 1.807) is 0 Å². The molecule has 0 spiro atoms. The minimum absolute atomic E-state index is 0.0247. The molecule has 0 bridgehead atoms. The van der Waals surface area contributed by atoms with Crippen LogP contribution in [0.25, 0.3) is 0 Å². The van der Waals surface area contributed by atoms with Gasteiger partial charge in [0.05, 0.1) is 0 Å². The minimum Gasteiger partial charge on any atom is -0.490 e. The number of hydrogen-bond acceptors (Lipinski definition) is 10. The highest BCUT2D eigenvalue weighted by molar-refractivity contribution is 6.00. The lowest BCUT2D eigenvalue weighted by atomic mass is 10.1. The molecule has 4 amide bonds. The van der Waals surface area contributed by atoms with Gasteiger partial charge in [0.15, 0.2) is 0 Å². The topological polar surface area (TPSA) is 239 Å². The van der Waals surface area contributed by atoms with E-state index >= 15 is 0 Å². The van der Waals surface area contributed by atoms with Gasteiger partial charge in [-0.3, -0.25) is 40.9 Å². The number of hydrazine groups is 4. The van der Waals surface area contributed by atoms with Crippen LogP contribution in [0.15, 0.2) is 36.4 Å². The molecule has 0 unspecified atom stereocenters. The predicted octanol–water partition coefficient (Wildman–Crippen LogP) is -2.44. The van der Waals surface area contributed by atoms with Crippen molar-refractivity contribution in [2.24, 2.45) is 23.4 Å². The minimum atomic E-state index is -0.640. The van der Waals surface area contributed by atoms with Gasteiger partial charge in [0.2, 0.25) is 0 Å². The van der Waals surface area contributed by atoms with E-state index in [2.05, 4.69) is 0 Å². The van der Waals surface area contributed by atoms with Crippen LogP contribution in [0.3, 0.4) is 0 Å². The van der Waals surface area contributed by atoms with Crippen molar-refractivity contribution < 1.29 is 28.7 Å². The molecule has 32 heavy (non-hydrogen) atoms. The number of benzene rings is 2. The van der Waals surface area contributed by atoms with Gasteiger partial charge < -0.3 is 9.47 Å². The summed E-state index contributed by atoms with van der Waals surface area (Å²) in [6.45, 7) is -0.0494. The van der Waals surface area contributed by atoms with Crippen LogP contribution in [0.2, 0.25) is 0 Å². The Balaban J connectivity index is 2.12. The highest BCUT2D eigenvalue weighted by atomic mass is 16.5. The van der Waals surface area contributed by atoms with Crippen molar-refractivity contribution in [3.8, 4) is 11.5 Å². The number of ether oxygens (including phenoxy) is 2. The van der Waals surface area contributed by atoms with Gasteiger partial charge in [-0.2, -0.15) is 0 Å². The molecule has 14 nitrogen and oxygen atoms in total. The molecule has 0 atom stereocenters. The Labute approximate surface area is 181 Å². The van der Waals surface area contributed by atoms with E-state index in [4.69, 9.17) is 32.8 Å². The van der Waals surface area contributed by atoms with Crippen LogP contribution in [-0.4, -0.2) is 36.8 Å². The van der Waals surface area contributed by atoms with E-state index in [9.17, 15) is 19.2 Å². The second kappa shape index (κ2) is 11.2. The molecule has 0 radical (unpaired) electrons. The summed E-state index contributed by atoms with van der Waals surface area (Å²) in [5.74, 6) is 18.3. The fourth-order valence-corrected chi connectivity index (χ4v) is 2.54. The molecule has 0 saturated carbocycles. The van der Waals surface area contributed by atoms with Crippen LogP contribution in [0, 0.1) is 0 Å². The molecule has 2 aromatic carbocycles. The number of rotatable bonds is 9. The Kier molecular flexibility index (Phi) is 8.44. The first-order chi connectivity index (χ1) is 15.3. The number of nitrogen functional groups attached to an aromatic ring is 4. The van der Waals surface area contributed by atoms with Crippen LogP contribution >= 0.6 is 0 Å². The normalized spacial score (nSPS) is 10.0. The van der Waals surface area contributed by atoms with Gasteiger partial charge in [-0.1, -0.05) is 0 Å². The SMILES string of the molecule is NNC(=O)c1cc(OCCOc2cc(C(=O)NN)cc(C(=O)NN)c2)cc(C(=O)NN)c1. The number of hydrogen-bond donors (Lipinski definition) is 8. The fourth-order valence-electron chi connectivity index (χ4n) is 2.54. The van der Waals surface area contributed by atoms with E-state index in [1.807, 2.05) is 21.7 Å². The quantitative estimate of drug-likeness (QED) is 0.0875. The smallest absolute Gasteiger partial charge is 0.265 e. The largest absolute Gasteiger partial charge is 0.490 e. The number of nitrogens with one attached hydrogen (secondary N) is 4. The van der Waals surface area contributed by atoms with Crippen LogP contribution in [0.4, 0.5) is 0 Å². The summed E-state index contributed by atoms with van der Waals surface area (Å²) in [7, 11) is 0. The van der Waals surface area contributed by atoms with Crippen molar-refractivity contribution in [1.29, 1.82) is 0 Å². The summed E-state index contributed by atoms with van der Waals surface area (Å²) >= 11 is 0. The van der Waals surface area contributed by atoms with Crippen LogP contribution < -0.4 is 54.5 Å². The maximum atomic E-state index is 11.8. The molecule has 0 heterocycles. The number of amides is 4. The maximum Gasteiger partial charge on any atom is 0.265 e. The van der Waals surface area contributed by atoms with E-state index in [-0.39, 0.29) is 47.0 Å². The van der Waals surface area contributed by atoms with Crippen LogP contribution in [0.5, 0.6) is 11.5 Å². The molecule has 0 aliphatic carbocycles. The Bertz CT molecular complexity index is 879. The Morgan fingerprint density at radius 1 is 0.531 bits per heavy atom. The van der Waals surface area contributed by atoms with Gasteiger partial charge in [0, 0.05) is 22.3 Å². The Hall–Kier alpha value is -4.24. The standard InChI is InChI=1S/C18H22N8O6/c19-23-15(27)9-3-10(16(28)24-20)6-13(5-9)31-1-2-32-14-7-11(17(29)25-21)4-12(8-14)18(30)26-22/h3-8H,1-2,19-22H2,(H,23,27)(H,24,28)(H,25,29)(H,26,30). The van der Waals surface area contributed by atoms with Crippen molar-refractivity contribution in [3.05, 3.63) is 58.7 Å². The first-order valence-electron chi connectivity index (χ1n) is 8.92. The first-order valence-corrected chi connectivity index (χ1v) is 8.92. The van der Waals surface area contributed by atoms with Crippen molar-refractivity contribution in [2.45, 2.75) is 0 Å². The Morgan fingerprint density at radius 3 is 1.00 bits per heavy atom. The highest BCUT2D eigenvalue weighted by Gasteiger charge is 2.14. The van der Waals surface area contributed by atoms with E-state index in [1.165, 1.54) is 36.4 Å². The third kappa shape index (κ3) is 6.13. The highest BCUT2D eigenvalue weighted by Crippen LogP contribution is 2.19. The van der Waals surface area contributed by atoms with Gasteiger partial charge in [-0.25, -0.2) is 23.4 Å². The third-order valence-electron chi connectivity index (χ3n) is 4.01. The van der Waals surface area contributed by atoms with Crippen LogP contribution in [-0.2, 0) is 0 Å². The zero-order valence-corrected chi connectivity index (χ0v) is 16.6. The molecule has 14 heteroatoms. The second-order valence-electron chi connectivity index (χ2n) is 6.08. The third-order valence-corrected chi connectivity index (χ3v) is 4.01. The molecule has 0 fully saturated rings. The summed E-state index contributed by atoms with van der Waals surface area (Å²) in [6, 6.07) is 8.03. The fraction of sp³-hybridized carbons (Fsp3) is 0.111. The molecule has 0 saturated heterocycles. The molecule has 2 rings (SSSR count). The molecule has 170 valence electrons. The number of carbonyl (C=O) groups is 4. The predicted molar refractivity (Wildman–Crippen MR) is 110 cm³/mol. The first kappa shape index (κ1) is 24.0. The van der Waals surface area contributed by atoms with E-state index in [0.717, 1.165) is 0 Å². The number of nitrogens with two attached hydrogens (primary N) is 4. The monoisotopic (exact) mass is 446 g/mol. The lowest BCUT2D eigenvalue weighted by molar-refractivity contribution is 0.0937. The van der Waals surface area contributed by atoms with Gasteiger partial charge in [0.25, 0.3) is 23.6 Å². The van der Waals surface area contributed by atoms with Crippen LogP contribution in [0.1, 0.15) is 41.4 Å². The number of carbonyl (C=O) groups excluding carboxylic acids is 4. The lowest BCUT2D eigenvalue weighted by Crippen LogP contribution is -2.32. The average molecular weight is 446 g/mol. The molecular weight excluding hydrogens is 424 g/mol. The zero-order valence-electron chi connectivity index (χ0n) is 16.6. The molecular formula is C18H22N8O6. The second-order valence-corrected chi connectivity index (χ2v) is 6.08. The summed E-state index contributed by atoms with van der Waals surface area (Å²) < 4.78 is 11.1. The van der Waals surface area contributed by atoms with Crippen molar-refractivity contribution in [1.82, 2.24) is 21.7 Å². The maximum absolute atomic E-state index is 11.8.